The summed E-state index contributed by atoms with van der Waals surface area (Å²) in [6, 6.07) is 6.92. The van der Waals surface area contributed by atoms with Gasteiger partial charge in [0.2, 0.25) is 10.0 Å². The molecule has 1 aromatic heterocycles. The van der Waals surface area contributed by atoms with E-state index >= 15 is 0 Å². The topological polar surface area (TPSA) is 76.0 Å². The van der Waals surface area contributed by atoms with Crippen molar-refractivity contribution >= 4 is 15.7 Å². The maximum atomic E-state index is 11.7. The largest absolute Gasteiger partial charge is 0.376 e. The lowest BCUT2D eigenvalue weighted by molar-refractivity contribution is 0.483. The van der Waals surface area contributed by atoms with Gasteiger partial charge in [-0.05, 0) is 37.6 Å². The van der Waals surface area contributed by atoms with Gasteiger partial charge in [0, 0.05) is 18.8 Å². The number of nitrogens with zero attached hydrogens (tertiary/aromatic N) is 2. The molecule has 0 bridgehead atoms. The van der Waals surface area contributed by atoms with Crippen LogP contribution in [0.4, 0.5) is 5.69 Å². The van der Waals surface area contributed by atoms with Crippen LogP contribution < -0.4 is 10.0 Å². The Labute approximate surface area is 138 Å². The number of aromatic nitrogens is 2. The number of nitrogens with one attached hydrogen (secondary N) is 2. The monoisotopic (exact) mass is 336 g/mol. The number of rotatable bonds is 7. The van der Waals surface area contributed by atoms with Crippen LogP contribution in [-0.4, -0.2) is 25.2 Å². The molecule has 126 valence electrons. The van der Waals surface area contributed by atoms with Gasteiger partial charge in [0.25, 0.3) is 0 Å². The van der Waals surface area contributed by atoms with Crippen molar-refractivity contribution in [3.05, 3.63) is 42.2 Å². The molecule has 0 amide bonds. The highest BCUT2D eigenvalue weighted by Crippen LogP contribution is 2.20. The first-order chi connectivity index (χ1) is 10.8. The van der Waals surface area contributed by atoms with Crippen LogP contribution in [0.1, 0.15) is 32.4 Å². The van der Waals surface area contributed by atoms with E-state index < -0.39 is 10.0 Å². The standard InChI is InChI=1S/C16H24N4O2S/c1-12(2)10-20-11-15(9-18-20)19-13(3)14-5-7-16(8-6-14)23(21,22)17-4/h5-9,11-13,17,19H,10H2,1-4H3. The molecular weight excluding hydrogens is 312 g/mol. The lowest BCUT2D eigenvalue weighted by Crippen LogP contribution is -2.18. The fourth-order valence-corrected chi connectivity index (χ4v) is 3.03. The zero-order chi connectivity index (χ0) is 17.0. The average Bonchev–Trinajstić information content (AvgIpc) is 2.93. The number of sulfonamides is 1. The second-order valence-corrected chi connectivity index (χ2v) is 7.87. The zero-order valence-corrected chi connectivity index (χ0v) is 14.8. The van der Waals surface area contributed by atoms with Crippen LogP contribution in [0.3, 0.4) is 0 Å². The van der Waals surface area contributed by atoms with Crippen molar-refractivity contribution < 1.29 is 8.42 Å². The third-order valence-corrected chi connectivity index (χ3v) is 4.96. The minimum atomic E-state index is -3.39. The summed E-state index contributed by atoms with van der Waals surface area (Å²) >= 11 is 0. The van der Waals surface area contributed by atoms with Gasteiger partial charge in [-0.2, -0.15) is 5.10 Å². The maximum Gasteiger partial charge on any atom is 0.240 e. The molecule has 0 radical (unpaired) electrons. The molecule has 0 saturated heterocycles. The fraction of sp³-hybridized carbons (Fsp3) is 0.438. The molecule has 1 atom stereocenters. The first kappa shape index (κ1) is 17.5. The van der Waals surface area contributed by atoms with Crippen LogP contribution in [0.25, 0.3) is 0 Å². The normalized spacial score (nSPS) is 13.3. The van der Waals surface area contributed by atoms with Crippen LogP contribution in [0.2, 0.25) is 0 Å². The second kappa shape index (κ2) is 7.14. The Morgan fingerprint density at radius 1 is 1.17 bits per heavy atom. The molecule has 1 unspecified atom stereocenters. The Balaban J connectivity index is 2.06. The molecule has 0 aliphatic carbocycles. The van der Waals surface area contributed by atoms with Crippen molar-refractivity contribution in [3.8, 4) is 0 Å². The predicted molar refractivity (Wildman–Crippen MR) is 91.8 cm³/mol. The third-order valence-electron chi connectivity index (χ3n) is 3.53. The van der Waals surface area contributed by atoms with Crippen molar-refractivity contribution in [1.29, 1.82) is 0 Å². The molecule has 23 heavy (non-hydrogen) atoms. The van der Waals surface area contributed by atoms with Gasteiger partial charge < -0.3 is 5.32 Å². The Hall–Kier alpha value is -1.86. The second-order valence-electron chi connectivity index (χ2n) is 5.99. The Morgan fingerprint density at radius 2 is 1.83 bits per heavy atom. The van der Waals surface area contributed by atoms with E-state index in [1.165, 1.54) is 7.05 Å². The van der Waals surface area contributed by atoms with Crippen molar-refractivity contribution in [3.63, 3.8) is 0 Å². The molecule has 0 saturated carbocycles. The lowest BCUT2D eigenvalue weighted by atomic mass is 10.1. The summed E-state index contributed by atoms with van der Waals surface area (Å²) in [6.07, 6.45) is 3.79. The van der Waals surface area contributed by atoms with Gasteiger partial charge in [0.15, 0.2) is 0 Å². The SMILES string of the molecule is CNS(=O)(=O)c1ccc(C(C)Nc2cnn(CC(C)C)c2)cc1. The molecule has 0 aliphatic heterocycles. The van der Waals surface area contributed by atoms with Gasteiger partial charge >= 0.3 is 0 Å². The maximum absolute atomic E-state index is 11.7. The summed E-state index contributed by atoms with van der Waals surface area (Å²) in [7, 11) is -1.99. The summed E-state index contributed by atoms with van der Waals surface area (Å²) in [4.78, 5) is 0.265. The van der Waals surface area contributed by atoms with Crippen LogP contribution in [0.5, 0.6) is 0 Å². The highest BCUT2D eigenvalue weighted by Gasteiger charge is 2.12. The van der Waals surface area contributed by atoms with Crippen molar-refractivity contribution in [1.82, 2.24) is 14.5 Å². The highest BCUT2D eigenvalue weighted by molar-refractivity contribution is 7.89. The summed E-state index contributed by atoms with van der Waals surface area (Å²) < 4.78 is 27.7. The van der Waals surface area contributed by atoms with Crippen molar-refractivity contribution in [2.24, 2.45) is 5.92 Å². The van der Waals surface area contributed by atoms with E-state index in [0.717, 1.165) is 17.8 Å². The fourth-order valence-electron chi connectivity index (χ4n) is 2.30. The number of anilines is 1. The van der Waals surface area contributed by atoms with E-state index in [0.29, 0.717) is 5.92 Å². The molecule has 0 spiro atoms. The molecule has 1 heterocycles. The van der Waals surface area contributed by atoms with Gasteiger partial charge in [0.1, 0.15) is 0 Å². The van der Waals surface area contributed by atoms with Crippen molar-refractivity contribution in [2.75, 3.05) is 12.4 Å². The molecular formula is C16H24N4O2S. The summed E-state index contributed by atoms with van der Waals surface area (Å²) in [5.74, 6) is 0.543. The van der Waals surface area contributed by atoms with E-state index in [-0.39, 0.29) is 10.9 Å². The van der Waals surface area contributed by atoms with Gasteiger partial charge in [-0.15, -0.1) is 0 Å². The Morgan fingerprint density at radius 3 is 2.39 bits per heavy atom. The third kappa shape index (κ3) is 4.56. The molecule has 6 nitrogen and oxygen atoms in total. The van der Waals surface area contributed by atoms with E-state index in [2.05, 4.69) is 29.0 Å². The number of hydrogen-bond donors (Lipinski definition) is 2. The number of benzene rings is 1. The van der Waals surface area contributed by atoms with Gasteiger partial charge in [0.05, 0.1) is 16.8 Å². The van der Waals surface area contributed by atoms with Gasteiger partial charge in [-0.3, -0.25) is 4.68 Å². The van der Waals surface area contributed by atoms with E-state index in [1.807, 2.05) is 29.9 Å². The highest BCUT2D eigenvalue weighted by atomic mass is 32.2. The minimum absolute atomic E-state index is 0.0537. The predicted octanol–water partition coefficient (Wildman–Crippen LogP) is 2.62. The van der Waals surface area contributed by atoms with E-state index in [4.69, 9.17) is 0 Å². The molecule has 0 aliphatic rings. The van der Waals surface area contributed by atoms with Crippen LogP contribution >= 0.6 is 0 Å². The lowest BCUT2D eigenvalue weighted by Gasteiger charge is -2.14. The first-order valence-electron chi connectivity index (χ1n) is 7.64. The van der Waals surface area contributed by atoms with E-state index in [1.54, 1.807) is 18.3 Å². The van der Waals surface area contributed by atoms with E-state index in [9.17, 15) is 8.42 Å². The van der Waals surface area contributed by atoms with Gasteiger partial charge in [-0.1, -0.05) is 26.0 Å². The van der Waals surface area contributed by atoms with Crippen LogP contribution in [-0.2, 0) is 16.6 Å². The summed E-state index contributed by atoms with van der Waals surface area (Å²) in [6.45, 7) is 7.21. The minimum Gasteiger partial charge on any atom is -0.376 e. The molecule has 2 N–H and O–H groups in total. The molecule has 0 fully saturated rings. The zero-order valence-electron chi connectivity index (χ0n) is 13.9. The molecule has 2 rings (SSSR count). The molecule has 2 aromatic rings. The van der Waals surface area contributed by atoms with Gasteiger partial charge in [-0.25, -0.2) is 13.1 Å². The Bertz CT molecular complexity index is 736. The summed E-state index contributed by atoms with van der Waals surface area (Å²) in [5, 5.41) is 7.70. The first-order valence-corrected chi connectivity index (χ1v) is 9.12. The number of hydrogen-bond acceptors (Lipinski definition) is 4. The Kier molecular flexibility index (Phi) is 5.43. The molecule has 7 heteroatoms. The van der Waals surface area contributed by atoms with Crippen molar-refractivity contribution in [2.45, 2.75) is 38.3 Å². The summed E-state index contributed by atoms with van der Waals surface area (Å²) in [5.41, 5.74) is 1.96. The molecule has 1 aromatic carbocycles. The van der Waals surface area contributed by atoms with Crippen LogP contribution in [0.15, 0.2) is 41.6 Å². The quantitative estimate of drug-likeness (QED) is 0.815. The van der Waals surface area contributed by atoms with Crippen LogP contribution in [0, 0.1) is 5.92 Å². The smallest absolute Gasteiger partial charge is 0.240 e. The average molecular weight is 336 g/mol.